The highest BCUT2D eigenvalue weighted by molar-refractivity contribution is 7.13. The Balaban J connectivity index is 1.46. The number of hydrogen-bond donors (Lipinski definition) is 1. The fourth-order valence-electron chi connectivity index (χ4n) is 3.40. The molecule has 4 aromatic rings. The van der Waals surface area contributed by atoms with Crippen LogP contribution >= 0.6 is 11.3 Å². The van der Waals surface area contributed by atoms with Gasteiger partial charge in [0.2, 0.25) is 5.91 Å². The second kappa shape index (κ2) is 7.64. The van der Waals surface area contributed by atoms with E-state index in [1.807, 2.05) is 35.7 Å². The van der Waals surface area contributed by atoms with E-state index in [9.17, 15) is 9.59 Å². The van der Waals surface area contributed by atoms with E-state index >= 15 is 0 Å². The van der Waals surface area contributed by atoms with Crippen LogP contribution in [0.4, 0.5) is 5.69 Å². The van der Waals surface area contributed by atoms with Crippen molar-refractivity contribution in [3.05, 3.63) is 70.3 Å². The lowest BCUT2D eigenvalue weighted by atomic mass is 10.1. The number of anilines is 1. The number of nitrogens with zero attached hydrogens (tertiary/aromatic N) is 2. The maximum Gasteiger partial charge on any atom is 0.275 e. The first kappa shape index (κ1) is 18.4. The predicted octanol–water partition coefficient (Wildman–Crippen LogP) is 3.53. The zero-order chi connectivity index (χ0) is 20.5. The van der Waals surface area contributed by atoms with Crippen molar-refractivity contribution in [2.24, 2.45) is 0 Å². The SMILES string of the molecule is O=C(Cn1nc(-c2cccs2)c2ccccc2c1=O)Nc1ccc2c(c1)OCCO2. The van der Waals surface area contributed by atoms with Crippen LogP contribution in [0.15, 0.2) is 64.8 Å². The van der Waals surface area contributed by atoms with Gasteiger partial charge < -0.3 is 14.8 Å². The van der Waals surface area contributed by atoms with Crippen LogP contribution in [0, 0.1) is 0 Å². The molecule has 0 fully saturated rings. The summed E-state index contributed by atoms with van der Waals surface area (Å²) in [6.45, 7) is 0.768. The molecule has 0 spiro atoms. The van der Waals surface area contributed by atoms with E-state index in [4.69, 9.17) is 9.47 Å². The maximum absolute atomic E-state index is 12.9. The molecule has 1 amide bonds. The molecule has 2 aromatic carbocycles. The van der Waals surface area contributed by atoms with Gasteiger partial charge in [-0.25, -0.2) is 4.68 Å². The van der Waals surface area contributed by atoms with Crippen LogP contribution in [0.3, 0.4) is 0 Å². The van der Waals surface area contributed by atoms with Gasteiger partial charge in [-0.1, -0.05) is 24.3 Å². The Labute approximate surface area is 175 Å². The number of hydrogen-bond acceptors (Lipinski definition) is 6. The molecule has 5 rings (SSSR count). The average molecular weight is 419 g/mol. The summed E-state index contributed by atoms with van der Waals surface area (Å²) in [6.07, 6.45) is 0. The molecule has 8 heteroatoms. The molecule has 1 N–H and O–H groups in total. The first-order valence-electron chi connectivity index (χ1n) is 9.42. The summed E-state index contributed by atoms with van der Waals surface area (Å²) >= 11 is 1.54. The molecule has 3 heterocycles. The highest BCUT2D eigenvalue weighted by Crippen LogP contribution is 2.32. The molecule has 30 heavy (non-hydrogen) atoms. The number of carbonyl (C=O) groups is 1. The fourth-order valence-corrected chi connectivity index (χ4v) is 4.12. The minimum absolute atomic E-state index is 0.198. The highest BCUT2D eigenvalue weighted by atomic mass is 32.1. The maximum atomic E-state index is 12.9. The average Bonchev–Trinajstić information content (AvgIpc) is 3.30. The van der Waals surface area contributed by atoms with Crippen molar-refractivity contribution < 1.29 is 14.3 Å². The highest BCUT2D eigenvalue weighted by Gasteiger charge is 2.16. The van der Waals surface area contributed by atoms with Crippen molar-refractivity contribution in [1.82, 2.24) is 9.78 Å². The molecule has 0 radical (unpaired) electrons. The Morgan fingerprint density at radius 1 is 1.03 bits per heavy atom. The summed E-state index contributed by atoms with van der Waals surface area (Å²) in [4.78, 5) is 26.5. The lowest BCUT2D eigenvalue weighted by Crippen LogP contribution is -2.30. The van der Waals surface area contributed by atoms with Crippen LogP contribution in [0.2, 0.25) is 0 Å². The Morgan fingerprint density at radius 3 is 2.63 bits per heavy atom. The van der Waals surface area contributed by atoms with Gasteiger partial charge in [-0.2, -0.15) is 5.10 Å². The molecule has 7 nitrogen and oxygen atoms in total. The second-order valence-corrected chi connectivity index (χ2v) is 7.69. The van der Waals surface area contributed by atoms with E-state index in [2.05, 4.69) is 10.4 Å². The molecule has 2 aromatic heterocycles. The van der Waals surface area contributed by atoms with Crippen LogP contribution in [0.25, 0.3) is 21.3 Å². The number of rotatable bonds is 4. The number of fused-ring (bicyclic) bond motifs is 2. The second-order valence-electron chi connectivity index (χ2n) is 6.74. The smallest absolute Gasteiger partial charge is 0.275 e. The molecular weight excluding hydrogens is 402 g/mol. The van der Waals surface area contributed by atoms with Crippen LogP contribution in [0.5, 0.6) is 11.5 Å². The monoisotopic (exact) mass is 419 g/mol. The van der Waals surface area contributed by atoms with Gasteiger partial charge >= 0.3 is 0 Å². The summed E-state index contributed by atoms with van der Waals surface area (Å²) in [5.41, 5.74) is 0.951. The summed E-state index contributed by atoms with van der Waals surface area (Å²) in [7, 11) is 0. The van der Waals surface area contributed by atoms with Crippen molar-refractivity contribution in [3.63, 3.8) is 0 Å². The summed E-state index contributed by atoms with van der Waals surface area (Å²) in [5.74, 6) is 0.876. The van der Waals surface area contributed by atoms with E-state index in [1.165, 1.54) is 16.0 Å². The number of thiophene rings is 1. The van der Waals surface area contributed by atoms with Crippen LogP contribution < -0.4 is 20.3 Å². The van der Waals surface area contributed by atoms with E-state index < -0.39 is 0 Å². The zero-order valence-electron chi connectivity index (χ0n) is 15.8. The third-order valence-corrected chi connectivity index (χ3v) is 5.62. The van der Waals surface area contributed by atoms with Crippen molar-refractivity contribution in [1.29, 1.82) is 0 Å². The Hall–Kier alpha value is -3.65. The van der Waals surface area contributed by atoms with Gasteiger partial charge in [0.05, 0.1) is 10.3 Å². The molecule has 0 saturated carbocycles. The lowest BCUT2D eigenvalue weighted by Gasteiger charge is -2.19. The van der Waals surface area contributed by atoms with E-state index in [1.54, 1.807) is 24.3 Å². The molecule has 1 aliphatic rings. The van der Waals surface area contributed by atoms with Gasteiger partial charge in [-0.3, -0.25) is 9.59 Å². The quantitative estimate of drug-likeness (QED) is 0.547. The van der Waals surface area contributed by atoms with Gasteiger partial charge in [0, 0.05) is 17.1 Å². The third-order valence-electron chi connectivity index (χ3n) is 4.74. The first-order chi connectivity index (χ1) is 14.7. The molecule has 0 unspecified atom stereocenters. The molecule has 150 valence electrons. The molecule has 0 bridgehead atoms. The van der Waals surface area contributed by atoms with Crippen LogP contribution in [-0.4, -0.2) is 28.9 Å². The Bertz CT molecular complexity index is 1300. The number of ether oxygens (including phenoxy) is 2. The van der Waals surface area contributed by atoms with Crippen molar-refractivity contribution in [3.8, 4) is 22.1 Å². The largest absolute Gasteiger partial charge is 0.486 e. The predicted molar refractivity (Wildman–Crippen MR) is 115 cm³/mol. The van der Waals surface area contributed by atoms with E-state index in [0.29, 0.717) is 41.5 Å². The molecule has 0 atom stereocenters. The van der Waals surface area contributed by atoms with Gasteiger partial charge in [0.15, 0.2) is 11.5 Å². The normalized spacial score (nSPS) is 12.7. The minimum Gasteiger partial charge on any atom is -0.486 e. The summed E-state index contributed by atoms with van der Waals surface area (Å²) in [5, 5.41) is 10.6. The van der Waals surface area contributed by atoms with Crippen molar-refractivity contribution >= 4 is 33.7 Å². The molecule has 1 aliphatic heterocycles. The van der Waals surface area contributed by atoms with Crippen LogP contribution in [-0.2, 0) is 11.3 Å². The fraction of sp³-hybridized carbons (Fsp3) is 0.136. The lowest BCUT2D eigenvalue weighted by molar-refractivity contribution is -0.117. The molecule has 0 saturated heterocycles. The van der Waals surface area contributed by atoms with Crippen molar-refractivity contribution in [2.75, 3.05) is 18.5 Å². The van der Waals surface area contributed by atoms with Crippen LogP contribution in [0.1, 0.15) is 0 Å². The minimum atomic E-state index is -0.353. The first-order valence-corrected chi connectivity index (χ1v) is 10.3. The van der Waals surface area contributed by atoms with Gasteiger partial charge in [0.25, 0.3) is 5.56 Å². The zero-order valence-corrected chi connectivity index (χ0v) is 16.6. The number of nitrogens with one attached hydrogen (secondary N) is 1. The number of amides is 1. The van der Waals surface area contributed by atoms with E-state index in [-0.39, 0.29) is 18.0 Å². The van der Waals surface area contributed by atoms with Gasteiger partial charge in [-0.05, 0) is 29.6 Å². The Kier molecular flexibility index (Phi) is 4.68. The summed E-state index contributed by atoms with van der Waals surface area (Å²) < 4.78 is 12.3. The van der Waals surface area contributed by atoms with E-state index in [0.717, 1.165) is 10.3 Å². The number of benzene rings is 2. The summed E-state index contributed by atoms with van der Waals surface area (Å²) in [6, 6.07) is 16.4. The third kappa shape index (κ3) is 3.42. The Morgan fingerprint density at radius 2 is 1.83 bits per heavy atom. The standard InChI is InChI=1S/C22H17N3O4S/c26-20(23-14-7-8-17-18(12-14)29-10-9-28-17)13-25-22(27)16-5-2-1-4-15(16)21(24-25)19-6-3-11-30-19/h1-8,11-12H,9-10,13H2,(H,23,26). The molecule has 0 aliphatic carbocycles. The number of aromatic nitrogens is 2. The number of carbonyl (C=O) groups excluding carboxylic acids is 1. The topological polar surface area (TPSA) is 82.5 Å². The molecular formula is C22H17N3O4S. The van der Waals surface area contributed by atoms with Gasteiger partial charge in [0.1, 0.15) is 25.5 Å². The van der Waals surface area contributed by atoms with Gasteiger partial charge in [-0.15, -0.1) is 11.3 Å². The van der Waals surface area contributed by atoms with Crippen molar-refractivity contribution in [2.45, 2.75) is 6.54 Å².